The summed E-state index contributed by atoms with van der Waals surface area (Å²) >= 11 is 0. The smallest absolute Gasteiger partial charge is 0.233 e. The normalized spacial score (nSPS) is 15.1. The average Bonchev–Trinajstić information content (AvgIpc) is 2.98. The van der Waals surface area contributed by atoms with E-state index in [4.69, 9.17) is 10.3 Å². The Morgan fingerprint density at radius 1 is 1.15 bits per heavy atom. The van der Waals surface area contributed by atoms with Crippen molar-refractivity contribution in [1.82, 2.24) is 10.1 Å². The highest BCUT2D eigenvalue weighted by Gasteiger charge is 2.34. The molecule has 0 saturated heterocycles. The maximum absolute atomic E-state index is 5.85. The van der Waals surface area contributed by atoms with Gasteiger partial charge in [0.25, 0.3) is 0 Å². The van der Waals surface area contributed by atoms with E-state index in [1.54, 1.807) is 0 Å². The minimum absolute atomic E-state index is 0.252. The Morgan fingerprint density at radius 2 is 1.80 bits per heavy atom. The minimum Gasteiger partial charge on any atom is -0.339 e. The SMILES string of the molecule is CCC(C)(CN)c1nc(C(C)(C)c2ccccc2)no1. The molecule has 0 bridgehead atoms. The standard InChI is InChI=1S/C16H23N3O/c1-5-16(4,11-17)14-18-13(19-20-14)15(2,3)12-9-7-6-8-10-12/h6-10H,5,11,17H2,1-4H3. The van der Waals surface area contributed by atoms with E-state index in [9.17, 15) is 0 Å². The highest BCUT2D eigenvalue weighted by Crippen LogP contribution is 2.32. The average molecular weight is 273 g/mol. The summed E-state index contributed by atoms with van der Waals surface area (Å²) in [5, 5.41) is 4.18. The maximum atomic E-state index is 5.85. The van der Waals surface area contributed by atoms with Gasteiger partial charge in [-0.2, -0.15) is 4.98 Å². The fraction of sp³-hybridized carbons (Fsp3) is 0.500. The minimum atomic E-state index is -0.285. The van der Waals surface area contributed by atoms with Gasteiger partial charge in [-0.15, -0.1) is 0 Å². The Labute approximate surface area is 120 Å². The summed E-state index contributed by atoms with van der Waals surface area (Å²) in [4.78, 5) is 4.61. The van der Waals surface area contributed by atoms with Crippen molar-refractivity contribution >= 4 is 0 Å². The predicted octanol–water partition coefficient (Wildman–Crippen LogP) is 3.02. The molecule has 1 aromatic carbocycles. The third kappa shape index (κ3) is 2.48. The molecule has 0 aliphatic heterocycles. The molecule has 2 rings (SSSR count). The summed E-state index contributed by atoms with van der Waals surface area (Å²) < 4.78 is 5.48. The number of nitrogens with two attached hydrogens (primary N) is 1. The lowest BCUT2D eigenvalue weighted by Gasteiger charge is -2.22. The molecule has 4 nitrogen and oxygen atoms in total. The third-order valence-corrected chi connectivity index (χ3v) is 4.23. The van der Waals surface area contributed by atoms with Gasteiger partial charge in [0.05, 0.1) is 10.8 Å². The largest absolute Gasteiger partial charge is 0.339 e. The van der Waals surface area contributed by atoms with Crippen molar-refractivity contribution in [3.05, 3.63) is 47.6 Å². The molecule has 2 aromatic rings. The van der Waals surface area contributed by atoms with Crippen LogP contribution >= 0.6 is 0 Å². The Morgan fingerprint density at radius 3 is 2.35 bits per heavy atom. The highest BCUT2D eigenvalue weighted by atomic mass is 16.5. The second-order valence-corrected chi connectivity index (χ2v) is 6.03. The van der Waals surface area contributed by atoms with Crippen LogP contribution in [0.1, 0.15) is 51.4 Å². The summed E-state index contributed by atoms with van der Waals surface area (Å²) in [6.45, 7) is 8.83. The van der Waals surface area contributed by atoms with Crippen molar-refractivity contribution in [3.63, 3.8) is 0 Å². The summed E-state index contributed by atoms with van der Waals surface area (Å²) in [7, 11) is 0. The summed E-state index contributed by atoms with van der Waals surface area (Å²) in [5.74, 6) is 1.33. The molecule has 1 atom stereocenters. The van der Waals surface area contributed by atoms with E-state index in [-0.39, 0.29) is 10.8 Å². The fourth-order valence-electron chi connectivity index (χ4n) is 2.09. The van der Waals surface area contributed by atoms with Gasteiger partial charge in [0.1, 0.15) is 0 Å². The van der Waals surface area contributed by atoms with Gasteiger partial charge in [-0.25, -0.2) is 0 Å². The summed E-state index contributed by atoms with van der Waals surface area (Å²) in [6.07, 6.45) is 0.872. The molecule has 1 heterocycles. The highest BCUT2D eigenvalue weighted by molar-refractivity contribution is 5.30. The van der Waals surface area contributed by atoms with E-state index in [2.05, 4.69) is 50.0 Å². The van der Waals surface area contributed by atoms with E-state index in [1.165, 1.54) is 5.56 Å². The summed E-state index contributed by atoms with van der Waals surface area (Å²) in [6, 6.07) is 10.2. The van der Waals surface area contributed by atoms with Gasteiger partial charge < -0.3 is 10.3 Å². The first-order valence-electron chi connectivity index (χ1n) is 7.04. The van der Waals surface area contributed by atoms with Gasteiger partial charge in [0.15, 0.2) is 5.82 Å². The van der Waals surface area contributed by atoms with E-state index < -0.39 is 0 Å². The van der Waals surface area contributed by atoms with Crippen LogP contribution in [0.2, 0.25) is 0 Å². The molecule has 1 unspecified atom stereocenters. The van der Waals surface area contributed by atoms with Crippen LogP contribution in [0.5, 0.6) is 0 Å². The number of nitrogens with zero attached hydrogens (tertiary/aromatic N) is 2. The van der Waals surface area contributed by atoms with Crippen LogP contribution in [0.25, 0.3) is 0 Å². The van der Waals surface area contributed by atoms with Gasteiger partial charge in [0.2, 0.25) is 5.89 Å². The quantitative estimate of drug-likeness (QED) is 0.909. The van der Waals surface area contributed by atoms with Crippen LogP contribution in [0.15, 0.2) is 34.9 Å². The van der Waals surface area contributed by atoms with Gasteiger partial charge >= 0.3 is 0 Å². The second kappa shape index (κ2) is 5.37. The monoisotopic (exact) mass is 273 g/mol. The molecule has 0 saturated carbocycles. The molecular weight excluding hydrogens is 250 g/mol. The zero-order valence-corrected chi connectivity index (χ0v) is 12.7. The molecule has 1 aromatic heterocycles. The first-order valence-corrected chi connectivity index (χ1v) is 7.04. The summed E-state index contributed by atoms with van der Waals surface area (Å²) in [5.41, 5.74) is 6.48. The van der Waals surface area contributed by atoms with Crippen LogP contribution in [-0.2, 0) is 10.8 Å². The predicted molar refractivity (Wildman–Crippen MR) is 79.6 cm³/mol. The zero-order valence-electron chi connectivity index (χ0n) is 12.7. The van der Waals surface area contributed by atoms with E-state index in [1.807, 2.05) is 18.2 Å². The van der Waals surface area contributed by atoms with Crippen molar-refractivity contribution in [3.8, 4) is 0 Å². The van der Waals surface area contributed by atoms with Crippen LogP contribution in [-0.4, -0.2) is 16.7 Å². The number of benzene rings is 1. The number of rotatable bonds is 5. The van der Waals surface area contributed by atoms with E-state index in [0.29, 0.717) is 18.3 Å². The van der Waals surface area contributed by atoms with Crippen LogP contribution in [0, 0.1) is 0 Å². The topological polar surface area (TPSA) is 64.9 Å². The molecule has 0 aliphatic carbocycles. The second-order valence-electron chi connectivity index (χ2n) is 6.03. The first-order chi connectivity index (χ1) is 9.44. The van der Waals surface area contributed by atoms with E-state index in [0.717, 1.165) is 6.42 Å². The Bertz CT molecular complexity index is 556. The molecule has 2 N–H and O–H groups in total. The van der Waals surface area contributed by atoms with Crippen molar-refractivity contribution < 1.29 is 4.52 Å². The van der Waals surface area contributed by atoms with Crippen LogP contribution in [0.4, 0.5) is 0 Å². The van der Waals surface area contributed by atoms with Gasteiger partial charge in [-0.1, -0.05) is 42.4 Å². The van der Waals surface area contributed by atoms with E-state index >= 15 is 0 Å². The molecule has 108 valence electrons. The lowest BCUT2D eigenvalue weighted by atomic mass is 9.83. The lowest BCUT2D eigenvalue weighted by Crippen LogP contribution is -2.31. The molecule has 4 heteroatoms. The van der Waals surface area contributed by atoms with Gasteiger partial charge in [-0.05, 0) is 32.8 Å². The van der Waals surface area contributed by atoms with Gasteiger partial charge in [-0.3, -0.25) is 0 Å². The molecule has 0 spiro atoms. The maximum Gasteiger partial charge on any atom is 0.233 e. The van der Waals surface area contributed by atoms with Crippen molar-refractivity contribution in [2.24, 2.45) is 5.73 Å². The number of hydrogen-bond donors (Lipinski definition) is 1. The van der Waals surface area contributed by atoms with Gasteiger partial charge in [0, 0.05) is 6.54 Å². The van der Waals surface area contributed by atoms with Crippen LogP contribution < -0.4 is 5.73 Å². The fourth-order valence-corrected chi connectivity index (χ4v) is 2.09. The number of hydrogen-bond acceptors (Lipinski definition) is 4. The van der Waals surface area contributed by atoms with Crippen molar-refractivity contribution in [2.45, 2.75) is 44.9 Å². The molecular formula is C16H23N3O. The lowest BCUT2D eigenvalue weighted by molar-refractivity contribution is 0.287. The van der Waals surface area contributed by atoms with Crippen molar-refractivity contribution in [2.75, 3.05) is 6.54 Å². The molecule has 0 fully saturated rings. The molecule has 20 heavy (non-hydrogen) atoms. The van der Waals surface area contributed by atoms with Crippen LogP contribution in [0.3, 0.4) is 0 Å². The first kappa shape index (κ1) is 14.7. The Balaban J connectivity index is 2.38. The molecule has 0 radical (unpaired) electrons. The Hall–Kier alpha value is -1.68. The zero-order chi connectivity index (χ0) is 14.8. The number of aromatic nitrogens is 2. The molecule has 0 aliphatic rings. The molecule has 0 amide bonds. The third-order valence-electron chi connectivity index (χ3n) is 4.23. The van der Waals surface area contributed by atoms with Crippen molar-refractivity contribution in [1.29, 1.82) is 0 Å². The Kier molecular flexibility index (Phi) is 3.95.